The second-order valence-corrected chi connectivity index (χ2v) is 10.5. The summed E-state index contributed by atoms with van der Waals surface area (Å²) in [6.45, 7) is 7.97. The van der Waals surface area contributed by atoms with Gasteiger partial charge in [-0.1, -0.05) is 32.4 Å². The van der Waals surface area contributed by atoms with E-state index in [0.717, 1.165) is 21.5 Å². The fourth-order valence-corrected chi connectivity index (χ4v) is 7.13. The Morgan fingerprint density at radius 3 is 2.74 bits per heavy atom. The van der Waals surface area contributed by atoms with E-state index in [4.69, 9.17) is 11.6 Å². The number of fused-ring (bicyclic) bond motifs is 2. The Bertz CT molecular complexity index is 527. The molecule has 0 radical (unpaired) electrons. The van der Waals surface area contributed by atoms with Crippen LogP contribution in [0.2, 0.25) is 4.34 Å². The van der Waals surface area contributed by atoms with Crippen molar-refractivity contribution in [1.29, 1.82) is 0 Å². The number of rotatable bonds is 2. The summed E-state index contributed by atoms with van der Waals surface area (Å²) in [6.07, 6.45) is 3.56. The first-order valence-corrected chi connectivity index (χ1v) is 9.02. The highest BCUT2D eigenvalue weighted by molar-refractivity contribution is 7.85. The van der Waals surface area contributed by atoms with Gasteiger partial charge in [-0.2, -0.15) is 0 Å². The molecular weight excluding hydrogens is 298 g/mol. The van der Waals surface area contributed by atoms with Crippen molar-refractivity contribution in [3.63, 3.8) is 0 Å². The fourth-order valence-electron chi connectivity index (χ4n) is 4.11. The average molecular weight is 318 g/mol. The molecule has 0 amide bonds. The maximum Gasteiger partial charge on any atom is 0.138 e. The van der Waals surface area contributed by atoms with E-state index in [1.54, 1.807) is 0 Å². The van der Waals surface area contributed by atoms with Crippen molar-refractivity contribution in [2.45, 2.75) is 50.3 Å². The van der Waals surface area contributed by atoms with Gasteiger partial charge in [-0.3, -0.25) is 0 Å². The molecule has 1 aliphatic carbocycles. The summed E-state index contributed by atoms with van der Waals surface area (Å²) in [5.74, 6) is 0. The summed E-state index contributed by atoms with van der Waals surface area (Å²) in [5, 5.41) is 0. The molecule has 19 heavy (non-hydrogen) atoms. The van der Waals surface area contributed by atoms with E-state index in [1.165, 1.54) is 24.2 Å². The van der Waals surface area contributed by atoms with E-state index in [1.807, 2.05) is 12.1 Å². The zero-order valence-corrected chi connectivity index (χ0v) is 14.0. The van der Waals surface area contributed by atoms with Crippen molar-refractivity contribution < 1.29 is 4.21 Å². The van der Waals surface area contributed by atoms with E-state index in [2.05, 4.69) is 25.1 Å². The van der Waals surface area contributed by atoms with Gasteiger partial charge in [0.25, 0.3) is 0 Å². The van der Waals surface area contributed by atoms with Crippen LogP contribution < -0.4 is 0 Å². The molecule has 0 N–H and O–H groups in total. The summed E-state index contributed by atoms with van der Waals surface area (Å²) in [5.41, 5.74) is 0.687. The third kappa shape index (κ3) is 2.65. The SMILES string of the molecule is CC1(C)CC2CC(C)(CN2S(=O)c2ccc(Cl)s2)C1. The average Bonchev–Trinajstić information content (AvgIpc) is 2.78. The molecule has 1 aromatic heterocycles. The lowest BCUT2D eigenvalue weighted by Gasteiger charge is -2.39. The minimum absolute atomic E-state index is 0.323. The van der Waals surface area contributed by atoms with Crippen molar-refractivity contribution >= 4 is 33.9 Å². The third-order valence-corrected chi connectivity index (χ3v) is 7.34. The van der Waals surface area contributed by atoms with Crippen molar-refractivity contribution in [1.82, 2.24) is 4.31 Å². The van der Waals surface area contributed by atoms with E-state index < -0.39 is 11.0 Å². The molecule has 106 valence electrons. The van der Waals surface area contributed by atoms with Crippen LogP contribution in [0, 0.1) is 10.8 Å². The predicted molar refractivity (Wildman–Crippen MR) is 82.0 cm³/mol. The van der Waals surface area contributed by atoms with E-state index >= 15 is 0 Å². The first kappa shape index (κ1) is 14.1. The molecule has 5 heteroatoms. The second-order valence-electron chi connectivity index (χ2n) is 7.10. The smallest absolute Gasteiger partial charge is 0.138 e. The van der Waals surface area contributed by atoms with Gasteiger partial charge in [-0.05, 0) is 42.2 Å². The Balaban J connectivity index is 1.86. The summed E-state index contributed by atoms with van der Waals surface area (Å²) in [7, 11) is -1.04. The van der Waals surface area contributed by atoms with Gasteiger partial charge in [0.2, 0.25) is 0 Å². The van der Waals surface area contributed by atoms with Gasteiger partial charge < -0.3 is 0 Å². The van der Waals surface area contributed by atoms with Crippen LogP contribution in [0.1, 0.15) is 40.0 Å². The molecule has 0 aromatic carbocycles. The molecule has 0 spiro atoms. The van der Waals surface area contributed by atoms with Crippen LogP contribution >= 0.6 is 22.9 Å². The Hall–Kier alpha value is 0.1000. The zero-order chi connectivity index (χ0) is 13.8. The third-order valence-electron chi connectivity index (χ3n) is 4.30. The second kappa shape index (κ2) is 4.55. The molecule has 1 saturated carbocycles. The van der Waals surface area contributed by atoms with Crippen molar-refractivity contribution in [3.05, 3.63) is 16.5 Å². The lowest BCUT2D eigenvalue weighted by atomic mass is 9.65. The Labute approximate surface area is 126 Å². The normalized spacial score (nSPS) is 35.5. The first-order valence-electron chi connectivity index (χ1n) is 6.72. The zero-order valence-electron chi connectivity index (χ0n) is 11.6. The van der Waals surface area contributed by atoms with Crippen LogP contribution in [0.5, 0.6) is 0 Å². The van der Waals surface area contributed by atoms with Crippen LogP contribution in [0.4, 0.5) is 0 Å². The van der Waals surface area contributed by atoms with Gasteiger partial charge in [0.1, 0.15) is 15.2 Å². The molecular formula is C14H20ClNOS2. The van der Waals surface area contributed by atoms with Gasteiger partial charge in [-0.15, -0.1) is 11.3 Å². The topological polar surface area (TPSA) is 20.3 Å². The Morgan fingerprint density at radius 2 is 2.11 bits per heavy atom. The molecule has 2 fully saturated rings. The van der Waals surface area contributed by atoms with Crippen LogP contribution in [0.15, 0.2) is 16.3 Å². The highest BCUT2D eigenvalue weighted by Crippen LogP contribution is 2.53. The summed E-state index contributed by atoms with van der Waals surface area (Å²) < 4.78 is 16.6. The van der Waals surface area contributed by atoms with E-state index in [-0.39, 0.29) is 0 Å². The first-order chi connectivity index (χ1) is 8.78. The lowest BCUT2D eigenvalue weighted by Crippen LogP contribution is -2.35. The standard InChI is InChI=1S/C14H20ClNOS2/c1-13(2)6-10-7-14(3,8-13)9-16(10)19(17)12-5-4-11(15)18-12/h4-5,10H,6-9H2,1-3H3. The minimum Gasteiger partial charge on any atom is -0.236 e. The fraction of sp³-hybridized carbons (Fsp3) is 0.714. The quantitative estimate of drug-likeness (QED) is 0.795. The van der Waals surface area contributed by atoms with Crippen LogP contribution in [0.25, 0.3) is 0 Å². The number of halogens is 1. The largest absolute Gasteiger partial charge is 0.236 e. The van der Waals surface area contributed by atoms with E-state index in [0.29, 0.717) is 16.9 Å². The number of hydrogen-bond acceptors (Lipinski definition) is 2. The van der Waals surface area contributed by atoms with Gasteiger partial charge in [0.05, 0.1) is 4.34 Å². The molecule has 1 aliphatic heterocycles. The van der Waals surface area contributed by atoms with Crippen molar-refractivity contribution in [2.24, 2.45) is 10.8 Å². The van der Waals surface area contributed by atoms with Crippen molar-refractivity contribution in [3.8, 4) is 0 Å². The van der Waals surface area contributed by atoms with Crippen LogP contribution in [0.3, 0.4) is 0 Å². The number of hydrogen-bond donors (Lipinski definition) is 0. The molecule has 1 aromatic rings. The van der Waals surface area contributed by atoms with Crippen LogP contribution in [-0.4, -0.2) is 21.1 Å². The molecule has 3 unspecified atom stereocenters. The molecule has 1 saturated heterocycles. The highest BCUT2D eigenvalue weighted by Gasteiger charge is 2.51. The van der Waals surface area contributed by atoms with E-state index in [9.17, 15) is 4.21 Å². The molecule has 2 bridgehead atoms. The summed E-state index contributed by atoms with van der Waals surface area (Å²) in [4.78, 5) is 0. The number of thiophene rings is 1. The number of nitrogens with zero attached hydrogens (tertiary/aromatic N) is 1. The van der Waals surface area contributed by atoms with Gasteiger partial charge in [0.15, 0.2) is 0 Å². The molecule has 3 rings (SSSR count). The summed E-state index contributed by atoms with van der Waals surface area (Å²) >= 11 is 7.40. The molecule has 3 atom stereocenters. The maximum absolute atomic E-state index is 12.7. The molecule has 2 nitrogen and oxygen atoms in total. The molecule has 2 aliphatic rings. The Morgan fingerprint density at radius 1 is 1.37 bits per heavy atom. The maximum atomic E-state index is 12.7. The van der Waals surface area contributed by atoms with Crippen LogP contribution in [-0.2, 0) is 11.0 Å². The predicted octanol–water partition coefficient (Wildman–Crippen LogP) is 4.32. The Kier molecular flexibility index (Phi) is 3.37. The highest BCUT2D eigenvalue weighted by atomic mass is 35.5. The lowest BCUT2D eigenvalue weighted by molar-refractivity contribution is 0.133. The van der Waals surface area contributed by atoms with Crippen molar-refractivity contribution in [2.75, 3.05) is 6.54 Å². The summed E-state index contributed by atoms with van der Waals surface area (Å²) in [6, 6.07) is 4.20. The van der Waals surface area contributed by atoms with Gasteiger partial charge >= 0.3 is 0 Å². The monoisotopic (exact) mass is 317 g/mol. The molecule has 2 heterocycles. The van der Waals surface area contributed by atoms with Gasteiger partial charge in [-0.25, -0.2) is 8.51 Å². The van der Waals surface area contributed by atoms with Gasteiger partial charge in [0, 0.05) is 12.6 Å². The minimum atomic E-state index is -1.04.